The fourth-order valence-electron chi connectivity index (χ4n) is 0.174. The van der Waals surface area contributed by atoms with Crippen molar-refractivity contribution < 1.29 is 10.1 Å². The van der Waals surface area contributed by atoms with Crippen molar-refractivity contribution in [1.82, 2.24) is 0 Å². The number of allylic oxidation sites excluding steroid dienone is 1. The molecule has 42 valence electrons. The third kappa shape index (κ3) is 2.33. The first kappa shape index (κ1) is 6.62. The largest absolute Gasteiger partial charge is 0.595 e. The van der Waals surface area contributed by atoms with Crippen molar-refractivity contribution in [3.63, 3.8) is 0 Å². The SMILES string of the molecule is C=C(C)[NH+]([O-])OC. The van der Waals surface area contributed by atoms with Gasteiger partial charge in [0.15, 0.2) is 0 Å². The minimum absolute atomic E-state index is 0.347. The van der Waals surface area contributed by atoms with Gasteiger partial charge in [-0.05, 0) is 6.58 Å². The van der Waals surface area contributed by atoms with Gasteiger partial charge in [0, 0.05) is 6.92 Å². The molecular weight excluding hydrogens is 94.0 g/mol. The minimum Gasteiger partial charge on any atom is -0.595 e. The van der Waals surface area contributed by atoms with Gasteiger partial charge in [0.25, 0.3) is 0 Å². The normalized spacial score (nSPS) is 13.6. The molecular formula is C4H9NO2. The first-order chi connectivity index (χ1) is 3.18. The third-order valence-corrected chi connectivity index (χ3v) is 0.534. The molecule has 0 saturated heterocycles. The van der Waals surface area contributed by atoms with Gasteiger partial charge in [-0.1, -0.05) is 0 Å². The Bertz CT molecular complexity index is 72.1. The topological polar surface area (TPSA) is 36.7 Å². The first-order valence-electron chi connectivity index (χ1n) is 1.92. The van der Waals surface area contributed by atoms with Crippen LogP contribution in [0.15, 0.2) is 12.3 Å². The predicted octanol–water partition coefficient (Wildman–Crippen LogP) is -0.536. The maximum Gasteiger partial charge on any atom is 0.129 e. The fraction of sp³-hybridized carbons (Fsp3) is 0.500. The van der Waals surface area contributed by atoms with Gasteiger partial charge < -0.3 is 5.21 Å². The summed E-state index contributed by atoms with van der Waals surface area (Å²) in [6, 6.07) is 0. The maximum atomic E-state index is 10.2. The van der Waals surface area contributed by atoms with E-state index in [-0.39, 0.29) is 5.23 Å². The second kappa shape index (κ2) is 2.74. The predicted molar refractivity (Wildman–Crippen MR) is 26.2 cm³/mol. The maximum absolute atomic E-state index is 10.2. The Balaban J connectivity index is 3.34. The zero-order valence-corrected chi connectivity index (χ0v) is 4.52. The van der Waals surface area contributed by atoms with Crippen LogP contribution in [-0.2, 0) is 4.84 Å². The number of rotatable bonds is 2. The molecule has 0 aliphatic carbocycles. The van der Waals surface area contributed by atoms with Gasteiger partial charge >= 0.3 is 0 Å². The molecule has 0 aliphatic rings. The lowest BCUT2D eigenvalue weighted by Gasteiger charge is -2.14. The van der Waals surface area contributed by atoms with E-state index in [1.54, 1.807) is 6.92 Å². The average Bonchev–Trinajstić information content (AvgIpc) is 1.65. The van der Waals surface area contributed by atoms with E-state index in [9.17, 15) is 5.21 Å². The summed E-state index contributed by atoms with van der Waals surface area (Å²) in [6.45, 7) is 4.95. The number of hydrogen-bond acceptors (Lipinski definition) is 2. The fourth-order valence-corrected chi connectivity index (χ4v) is 0.174. The Hall–Kier alpha value is -0.380. The van der Waals surface area contributed by atoms with Crippen molar-refractivity contribution in [3.8, 4) is 0 Å². The summed E-state index contributed by atoms with van der Waals surface area (Å²) in [6.07, 6.45) is 0. The van der Waals surface area contributed by atoms with Gasteiger partial charge in [-0.15, -0.1) is 0 Å². The van der Waals surface area contributed by atoms with E-state index in [1.807, 2.05) is 0 Å². The summed E-state index contributed by atoms with van der Waals surface area (Å²) in [7, 11) is 1.33. The Morgan fingerprint density at radius 1 is 1.86 bits per heavy atom. The van der Waals surface area contributed by atoms with Crippen molar-refractivity contribution in [2.45, 2.75) is 6.92 Å². The molecule has 0 radical (unpaired) electrons. The highest BCUT2D eigenvalue weighted by Crippen LogP contribution is 1.64. The lowest BCUT2D eigenvalue weighted by Crippen LogP contribution is -3.03. The Morgan fingerprint density at radius 3 is 2.29 bits per heavy atom. The van der Waals surface area contributed by atoms with Gasteiger partial charge in [-0.25, -0.2) is 4.84 Å². The molecule has 1 unspecified atom stereocenters. The van der Waals surface area contributed by atoms with E-state index in [1.165, 1.54) is 7.11 Å². The van der Waals surface area contributed by atoms with Gasteiger partial charge in [0.2, 0.25) is 0 Å². The molecule has 7 heavy (non-hydrogen) atoms. The third-order valence-electron chi connectivity index (χ3n) is 0.534. The number of quaternary nitrogens is 1. The quantitative estimate of drug-likeness (QED) is 0.477. The molecule has 1 atom stereocenters. The average molecular weight is 103 g/mol. The van der Waals surface area contributed by atoms with Crippen molar-refractivity contribution >= 4 is 0 Å². The van der Waals surface area contributed by atoms with E-state index in [2.05, 4.69) is 11.4 Å². The summed E-state index contributed by atoms with van der Waals surface area (Å²) >= 11 is 0. The minimum atomic E-state index is -0.347. The molecule has 0 bridgehead atoms. The summed E-state index contributed by atoms with van der Waals surface area (Å²) in [5, 5.41) is 9.84. The summed E-state index contributed by atoms with van der Waals surface area (Å²) in [5.41, 5.74) is 0.433. The van der Waals surface area contributed by atoms with Crippen LogP contribution in [-0.4, -0.2) is 7.11 Å². The molecule has 0 aliphatic heterocycles. The molecule has 0 saturated carbocycles. The van der Waals surface area contributed by atoms with Crippen LogP contribution < -0.4 is 5.23 Å². The molecule has 0 heterocycles. The second-order valence-corrected chi connectivity index (χ2v) is 1.27. The lowest BCUT2D eigenvalue weighted by molar-refractivity contribution is -1.01. The van der Waals surface area contributed by atoms with Crippen molar-refractivity contribution in [3.05, 3.63) is 17.5 Å². The first-order valence-corrected chi connectivity index (χ1v) is 1.92. The van der Waals surface area contributed by atoms with Crippen LogP contribution in [0.3, 0.4) is 0 Å². The van der Waals surface area contributed by atoms with Gasteiger partial charge in [0.1, 0.15) is 5.70 Å². The highest BCUT2D eigenvalue weighted by Gasteiger charge is 1.89. The van der Waals surface area contributed by atoms with Gasteiger partial charge in [0.05, 0.1) is 7.11 Å². The van der Waals surface area contributed by atoms with Crippen LogP contribution >= 0.6 is 0 Å². The molecule has 0 aromatic heterocycles. The van der Waals surface area contributed by atoms with Crippen molar-refractivity contribution in [2.75, 3.05) is 7.11 Å². The molecule has 0 fully saturated rings. The highest BCUT2D eigenvalue weighted by molar-refractivity contribution is 4.68. The Morgan fingerprint density at radius 2 is 2.29 bits per heavy atom. The van der Waals surface area contributed by atoms with E-state index in [0.717, 1.165) is 0 Å². The van der Waals surface area contributed by atoms with Crippen LogP contribution in [0.5, 0.6) is 0 Å². The second-order valence-electron chi connectivity index (χ2n) is 1.27. The zero-order valence-electron chi connectivity index (χ0n) is 4.52. The molecule has 0 aromatic carbocycles. The van der Waals surface area contributed by atoms with Gasteiger partial charge in [-0.2, -0.15) is 5.23 Å². The lowest BCUT2D eigenvalue weighted by atomic mass is 10.6. The van der Waals surface area contributed by atoms with E-state index < -0.39 is 0 Å². The summed E-state index contributed by atoms with van der Waals surface area (Å²) < 4.78 is 0. The zero-order chi connectivity index (χ0) is 5.86. The number of nitrogens with one attached hydrogen (secondary N) is 1. The Labute approximate surface area is 42.7 Å². The van der Waals surface area contributed by atoms with E-state index in [4.69, 9.17) is 0 Å². The van der Waals surface area contributed by atoms with Crippen LogP contribution in [0.1, 0.15) is 6.92 Å². The molecule has 0 amide bonds. The standard InChI is InChI=1S/C4H9NO2/c1-4(2)5(6)7-3/h5H,1H2,2-3H3. The van der Waals surface area contributed by atoms with Crippen LogP contribution in [0, 0.1) is 5.21 Å². The highest BCUT2D eigenvalue weighted by atomic mass is 16.9. The molecule has 0 rings (SSSR count). The van der Waals surface area contributed by atoms with Crippen molar-refractivity contribution in [2.24, 2.45) is 0 Å². The molecule has 3 heteroatoms. The molecule has 3 nitrogen and oxygen atoms in total. The monoisotopic (exact) mass is 103 g/mol. The molecule has 1 N–H and O–H groups in total. The Kier molecular flexibility index (Phi) is 2.59. The number of hydrogen-bond donors (Lipinski definition) is 1. The summed E-state index contributed by atoms with van der Waals surface area (Å²) in [5.74, 6) is 0. The molecule has 0 aromatic rings. The van der Waals surface area contributed by atoms with Crippen LogP contribution in [0.25, 0.3) is 0 Å². The van der Waals surface area contributed by atoms with Crippen molar-refractivity contribution in [1.29, 1.82) is 0 Å². The van der Waals surface area contributed by atoms with Gasteiger partial charge in [-0.3, -0.25) is 0 Å². The van der Waals surface area contributed by atoms with E-state index in [0.29, 0.717) is 5.70 Å². The summed E-state index contributed by atoms with van der Waals surface area (Å²) in [4.78, 5) is 4.27. The van der Waals surface area contributed by atoms with Crippen LogP contribution in [0.4, 0.5) is 0 Å². The van der Waals surface area contributed by atoms with Crippen LogP contribution in [0.2, 0.25) is 0 Å². The number of hydroxylamine groups is 2. The van der Waals surface area contributed by atoms with E-state index >= 15 is 0 Å². The molecule has 0 spiro atoms. The smallest absolute Gasteiger partial charge is 0.129 e.